The van der Waals surface area contributed by atoms with Crippen LogP contribution in [0.2, 0.25) is 0 Å². The van der Waals surface area contributed by atoms with Crippen LogP contribution in [0.1, 0.15) is 52.9 Å². The highest BCUT2D eigenvalue weighted by Crippen LogP contribution is 2.39. The van der Waals surface area contributed by atoms with Gasteiger partial charge in [0.1, 0.15) is 0 Å². The summed E-state index contributed by atoms with van der Waals surface area (Å²) >= 11 is 2.53. The van der Waals surface area contributed by atoms with Crippen LogP contribution < -0.4 is 0 Å². The van der Waals surface area contributed by atoms with Crippen LogP contribution in [-0.4, -0.2) is 0 Å². The number of allylic oxidation sites excluding steroid dienone is 2. The predicted octanol–water partition coefficient (Wildman–Crippen LogP) is 4.69. The molecular formula is C11H19I. The van der Waals surface area contributed by atoms with Crippen LogP contribution in [0, 0.1) is 5.41 Å². The third kappa shape index (κ3) is 2.75. The quantitative estimate of drug-likeness (QED) is 0.657. The van der Waals surface area contributed by atoms with Crippen LogP contribution in [0.5, 0.6) is 0 Å². The monoisotopic (exact) mass is 278 g/mol. The Bertz CT molecular complexity index is 189. The van der Waals surface area contributed by atoms with E-state index < -0.39 is 0 Å². The van der Waals surface area contributed by atoms with Crippen molar-refractivity contribution in [2.75, 3.05) is 0 Å². The second kappa shape index (κ2) is 4.12. The van der Waals surface area contributed by atoms with Gasteiger partial charge in [0, 0.05) is 0 Å². The minimum absolute atomic E-state index is 0.524. The van der Waals surface area contributed by atoms with E-state index in [2.05, 4.69) is 43.4 Å². The Morgan fingerprint density at radius 1 is 1.33 bits per heavy atom. The molecule has 0 unspecified atom stereocenters. The second-order valence-electron chi connectivity index (χ2n) is 4.56. The Hall–Kier alpha value is 0.470. The van der Waals surface area contributed by atoms with Gasteiger partial charge >= 0.3 is 0 Å². The first-order valence-electron chi connectivity index (χ1n) is 4.91. The smallest absolute Gasteiger partial charge is 0.0102 e. The molecule has 12 heavy (non-hydrogen) atoms. The topological polar surface area (TPSA) is 0 Å². The lowest BCUT2D eigenvalue weighted by atomic mass is 9.83. The normalized spacial score (nSPS) is 19.0. The Kier molecular flexibility index (Phi) is 3.62. The molecule has 0 amide bonds. The van der Waals surface area contributed by atoms with Crippen molar-refractivity contribution >= 4 is 22.6 Å². The van der Waals surface area contributed by atoms with Crippen molar-refractivity contribution in [1.29, 1.82) is 0 Å². The highest BCUT2D eigenvalue weighted by atomic mass is 127. The maximum absolute atomic E-state index is 2.53. The van der Waals surface area contributed by atoms with Gasteiger partial charge in [-0.2, -0.15) is 0 Å². The van der Waals surface area contributed by atoms with E-state index in [1.165, 1.54) is 32.1 Å². The van der Waals surface area contributed by atoms with Gasteiger partial charge in [-0.05, 0) is 57.3 Å². The fourth-order valence-corrected chi connectivity index (χ4v) is 2.50. The first-order chi connectivity index (χ1) is 5.55. The molecule has 0 nitrogen and oxygen atoms in total. The first-order valence-corrected chi connectivity index (χ1v) is 5.99. The van der Waals surface area contributed by atoms with Gasteiger partial charge in [0.05, 0.1) is 0 Å². The molecule has 0 N–H and O–H groups in total. The molecular weight excluding hydrogens is 259 g/mol. The van der Waals surface area contributed by atoms with Gasteiger partial charge in [-0.15, -0.1) is 0 Å². The summed E-state index contributed by atoms with van der Waals surface area (Å²) in [6.07, 6.45) is 6.72. The van der Waals surface area contributed by atoms with E-state index in [1.54, 1.807) is 9.15 Å². The summed E-state index contributed by atoms with van der Waals surface area (Å²) in [5, 5.41) is 0. The minimum Gasteiger partial charge on any atom is -0.0649 e. The molecule has 0 aliphatic heterocycles. The van der Waals surface area contributed by atoms with Gasteiger partial charge in [0.25, 0.3) is 0 Å². The molecule has 0 bridgehead atoms. The van der Waals surface area contributed by atoms with E-state index >= 15 is 0 Å². The van der Waals surface area contributed by atoms with Crippen LogP contribution in [-0.2, 0) is 0 Å². The lowest BCUT2D eigenvalue weighted by Crippen LogP contribution is -2.10. The summed E-state index contributed by atoms with van der Waals surface area (Å²) in [5.41, 5.74) is 2.26. The fourth-order valence-electron chi connectivity index (χ4n) is 1.66. The predicted molar refractivity (Wildman–Crippen MR) is 63.6 cm³/mol. The van der Waals surface area contributed by atoms with Gasteiger partial charge in [-0.1, -0.05) is 32.8 Å². The van der Waals surface area contributed by atoms with Crippen molar-refractivity contribution in [3.05, 3.63) is 9.15 Å². The molecule has 1 rings (SSSR count). The van der Waals surface area contributed by atoms with Crippen LogP contribution in [0.25, 0.3) is 0 Å². The minimum atomic E-state index is 0.524. The van der Waals surface area contributed by atoms with E-state index in [0.29, 0.717) is 5.41 Å². The van der Waals surface area contributed by atoms with Crippen molar-refractivity contribution in [1.82, 2.24) is 0 Å². The molecule has 0 radical (unpaired) electrons. The molecule has 0 aromatic rings. The molecule has 70 valence electrons. The number of hydrogen-bond donors (Lipinski definition) is 0. The maximum Gasteiger partial charge on any atom is -0.0102 e. The summed E-state index contributed by atoms with van der Waals surface area (Å²) in [6, 6.07) is 0. The van der Waals surface area contributed by atoms with Gasteiger partial charge in [-0.3, -0.25) is 0 Å². The molecule has 0 heterocycles. The zero-order valence-corrected chi connectivity index (χ0v) is 10.6. The fraction of sp³-hybridized carbons (Fsp3) is 0.818. The lowest BCUT2D eigenvalue weighted by Gasteiger charge is -2.23. The number of hydrogen-bond acceptors (Lipinski definition) is 0. The van der Waals surface area contributed by atoms with Crippen LogP contribution >= 0.6 is 22.6 Å². The highest BCUT2D eigenvalue weighted by molar-refractivity contribution is 14.1. The SMILES string of the molecule is CCC(C)(C)CC1=C(I)CCC1. The molecule has 0 spiro atoms. The summed E-state index contributed by atoms with van der Waals surface area (Å²) < 4.78 is 1.65. The summed E-state index contributed by atoms with van der Waals surface area (Å²) in [7, 11) is 0. The summed E-state index contributed by atoms with van der Waals surface area (Å²) in [6.45, 7) is 7.05. The van der Waals surface area contributed by atoms with Crippen molar-refractivity contribution in [2.24, 2.45) is 5.41 Å². The van der Waals surface area contributed by atoms with Crippen molar-refractivity contribution in [2.45, 2.75) is 52.9 Å². The van der Waals surface area contributed by atoms with E-state index in [1.807, 2.05) is 0 Å². The van der Waals surface area contributed by atoms with E-state index in [4.69, 9.17) is 0 Å². The van der Waals surface area contributed by atoms with Crippen LogP contribution in [0.4, 0.5) is 0 Å². The van der Waals surface area contributed by atoms with Gasteiger partial charge in [0.2, 0.25) is 0 Å². The average molecular weight is 278 g/mol. The lowest BCUT2D eigenvalue weighted by molar-refractivity contribution is 0.345. The Balaban J connectivity index is 2.56. The molecule has 1 aliphatic rings. The first kappa shape index (κ1) is 10.6. The van der Waals surface area contributed by atoms with Gasteiger partial charge in [-0.25, -0.2) is 0 Å². The number of halogens is 1. The average Bonchev–Trinajstić information content (AvgIpc) is 2.36. The van der Waals surface area contributed by atoms with Gasteiger partial charge < -0.3 is 0 Å². The maximum atomic E-state index is 2.53. The Morgan fingerprint density at radius 3 is 2.42 bits per heavy atom. The third-order valence-electron chi connectivity index (χ3n) is 2.91. The largest absolute Gasteiger partial charge is 0.0649 e. The zero-order chi connectivity index (χ0) is 9.19. The number of rotatable bonds is 3. The van der Waals surface area contributed by atoms with E-state index in [-0.39, 0.29) is 0 Å². The molecule has 1 heteroatoms. The van der Waals surface area contributed by atoms with Crippen LogP contribution in [0.3, 0.4) is 0 Å². The van der Waals surface area contributed by atoms with Crippen molar-refractivity contribution in [3.8, 4) is 0 Å². The van der Waals surface area contributed by atoms with Gasteiger partial charge in [0.15, 0.2) is 0 Å². The third-order valence-corrected chi connectivity index (χ3v) is 4.21. The Morgan fingerprint density at radius 2 is 2.00 bits per heavy atom. The molecule has 0 saturated carbocycles. The molecule has 0 atom stereocenters. The second-order valence-corrected chi connectivity index (χ2v) is 5.86. The van der Waals surface area contributed by atoms with Crippen molar-refractivity contribution < 1.29 is 0 Å². The van der Waals surface area contributed by atoms with Crippen LogP contribution in [0.15, 0.2) is 9.15 Å². The molecule has 0 aromatic carbocycles. The van der Waals surface area contributed by atoms with Crippen molar-refractivity contribution in [3.63, 3.8) is 0 Å². The Labute approximate surface area is 90.0 Å². The molecule has 1 aliphatic carbocycles. The summed E-state index contributed by atoms with van der Waals surface area (Å²) in [4.78, 5) is 0. The molecule has 0 saturated heterocycles. The highest BCUT2D eigenvalue weighted by Gasteiger charge is 2.21. The molecule has 0 fully saturated rings. The zero-order valence-electron chi connectivity index (χ0n) is 8.41. The van der Waals surface area contributed by atoms with E-state index in [0.717, 1.165) is 0 Å². The molecule has 0 aromatic heterocycles. The van der Waals surface area contributed by atoms with E-state index in [9.17, 15) is 0 Å². The standard InChI is InChI=1S/C11H19I/c1-4-11(2,3)8-9-6-5-7-10(9)12/h4-8H2,1-3H3. The summed E-state index contributed by atoms with van der Waals surface area (Å²) in [5.74, 6) is 0.